The molecule has 0 aromatic heterocycles. The molecule has 1 fully saturated rings. The Kier molecular flexibility index (Phi) is 41.0. The molecular formula is C85H122F2O24. The van der Waals surface area contributed by atoms with Gasteiger partial charge in [-0.3, -0.25) is 0 Å². The average Bonchev–Trinajstić information content (AvgIpc) is 1.62. The van der Waals surface area contributed by atoms with Crippen molar-refractivity contribution in [3.63, 3.8) is 0 Å². The Hall–Kier alpha value is -6.42. The first kappa shape index (κ1) is 93.4. The van der Waals surface area contributed by atoms with Crippen LogP contribution in [0.5, 0.6) is 23.0 Å². The third-order valence-electron chi connectivity index (χ3n) is 19.4. The lowest BCUT2D eigenvalue weighted by Crippen LogP contribution is -2.35. The molecule has 8 N–H and O–H groups in total. The van der Waals surface area contributed by atoms with Gasteiger partial charge in [-0.05, 0) is 177 Å². The Morgan fingerprint density at radius 3 is 1.03 bits per heavy atom. The monoisotopic (exact) mass is 1560 g/mol. The number of fused-ring (bicyclic) bond motifs is 1. The van der Waals surface area contributed by atoms with Crippen molar-refractivity contribution >= 4 is 0 Å². The zero-order valence-electron chi connectivity index (χ0n) is 66.8. The van der Waals surface area contributed by atoms with Crippen molar-refractivity contribution in [1.29, 1.82) is 0 Å². The first-order valence-corrected chi connectivity index (χ1v) is 38.2. The van der Waals surface area contributed by atoms with Gasteiger partial charge in [-0.25, -0.2) is 8.78 Å². The fourth-order valence-corrected chi connectivity index (χ4v) is 12.9. The number of rotatable bonds is 34. The Morgan fingerprint density at radius 2 is 0.667 bits per heavy atom. The summed E-state index contributed by atoms with van der Waals surface area (Å²) in [6.07, 6.45) is 2.13. The summed E-state index contributed by atoms with van der Waals surface area (Å²) >= 11 is 0. The van der Waals surface area contributed by atoms with E-state index in [1.165, 1.54) is 6.08 Å². The normalized spacial score (nSPS) is 27.8. The van der Waals surface area contributed by atoms with Crippen LogP contribution in [-0.2, 0) is 83.3 Å². The van der Waals surface area contributed by atoms with E-state index in [0.29, 0.717) is 58.2 Å². The van der Waals surface area contributed by atoms with Crippen LogP contribution in [0.2, 0.25) is 0 Å². The number of alkyl halides is 2. The van der Waals surface area contributed by atoms with Gasteiger partial charge in [0.2, 0.25) is 0 Å². The smallest absolute Gasteiger partial charge is 0.164 e. The summed E-state index contributed by atoms with van der Waals surface area (Å²) in [6.45, 7) is 22.6. The molecule has 1 saturated heterocycles. The van der Waals surface area contributed by atoms with Crippen LogP contribution in [-0.4, -0.2) is 232 Å². The van der Waals surface area contributed by atoms with E-state index in [4.69, 9.17) is 80.9 Å². The highest BCUT2D eigenvalue weighted by Crippen LogP contribution is 2.40. The SMILES string of the molecule is CCC1=C[C@@H](O)C2OC(C)(C)O[C@@H]12.CCC1=C[C@H](OCc2ccc(OC)cc2)C(O)[C@H]1O.CCOCO[C@H]1C(CC)=C[C@@H](O)C1F.CCOCO[C@H]1C(CC)=C[C@H](OCc2ccc(OC)cc2)C1F.CCOCO[C@H]1C(CC)=C[C@H](OCc2ccc(OC)cc2)C1O.COc1ccc(CO[C@H]2C=C(CO)[C@H](O)C2O)cc1. The van der Waals surface area contributed by atoms with Crippen molar-refractivity contribution in [2.45, 2.75) is 244 Å². The molecule has 0 radical (unpaired) electrons. The third-order valence-corrected chi connectivity index (χ3v) is 19.4. The molecule has 111 heavy (non-hydrogen) atoms. The minimum Gasteiger partial charge on any atom is -0.497 e. The van der Waals surface area contributed by atoms with Crippen molar-refractivity contribution in [2.75, 3.05) is 75.2 Å². The molecule has 0 amide bonds. The van der Waals surface area contributed by atoms with E-state index >= 15 is 0 Å². The van der Waals surface area contributed by atoms with Crippen LogP contribution >= 0.6 is 0 Å². The fraction of sp³-hybridized carbons (Fsp3) is 0.576. The number of halogens is 2. The molecular weight excluding hydrogens is 1440 g/mol. The number of ether oxygens (including phenoxy) is 16. The highest BCUT2D eigenvalue weighted by molar-refractivity contribution is 5.32. The lowest BCUT2D eigenvalue weighted by atomic mass is 10.1. The van der Waals surface area contributed by atoms with E-state index in [-0.39, 0.29) is 51.4 Å². The summed E-state index contributed by atoms with van der Waals surface area (Å²) < 4.78 is 114. The highest BCUT2D eigenvalue weighted by Gasteiger charge is 2.49. The predicted octanol–water partition coefficient (Wildman–Crippen LogP) is 10.8. The summed E-state index contributed by atoms with van der Waals surface area (Å²) in [5.74, 6) is 2.61. The highest BCUT2D eigenvalue weighted by atomic mass is 19.1. The van der Waals surface area contributed by atoms with E-state index in [1.807, 2.05) is 184 Å². The minimum atomic E-state index is -1.36. The van der Waals surface area contributed by atoms with Crippen molar-refractivity contribution < 1.29 is 125 Å². The second-order valence-electron chi connectivity index (χ2n) is 27.2. The number of aliphatic hydroxyl groups is 8. The van der Waals surface area contributed by atoms with Gasteiger partial charge in [0.25, 0.3) is 0 Å². The zero-order valence-corrected chi connectivity index (χ0v) is 66.8. The summed E-state index contributed by atoms with van der Waals surface area (Å²) in [5, 5.41) is 77.4. The molecule has 11 rings (SSSR count). The first-order chi connectivity index (χ1) is 53.4. The van der Waals surface area contributed by atoms with Crippen molar-refractivity contribution in [3.8, 4) is 23.0 Å². The predicted molar refractivity (Wildman–Crippen MR) is 413 cm³/mol. The van der Waals surface area contributed by atoms with Crippen LogP contribution in [0.25, 0.3) is 0 Å². The Morgan fingerprint density at radius 1 is 0.351 bits per heavy atom. The van der Waals surface area contributed by atoms with Gasteiger partial charge in [0.15, 0.2) is 18.1 Å². The minimum absolute atomic E-state index is 0.0324. The average molecular weight is 1570 g/mol. The van der Waals surface area contributed by atoms with Gasteiger partial charge in [0.1, 0.15) is 141 Å². The Labute approximate surface area is 653 Å². The van der Waals surface area contributed by atoms with E-state index in [0.717, 1.165) is 98.8 Å². The maximum Gasteiger partial charge on any atom is 0.164 e. The summed E-state index contributed by atoms with van der Waals surface area (Å²) in [6, 6.07) is 30.2. The Balaban J connectivity index is 0.000000210. The molecule has 6 aliphatic carbocycles. The molecule has 7 aliphatic rings. The van der Waals surface area contributed by atoms with Gasteiger partial charge in [0.05, 0.1) is 61.5 Å². The molecule has 1 aliphatic heterocycles. The summed E-state index contributed by atoms with van der Waals surface area (Å²) in [7, 11) is 6.49. The molecule has 4 aromatic carbocycles. The lowest BCUT2D eigenvalue weighted by Gasteiger charge is -2.22. The van der Waals surface area contributed by atoms with E-state index < -0.39 is 91.4 Å². The molecule has 620 valence electrons. The topological polar surface area (TPSA) is 310 Å². The van der Waals surface area contributed by atoms with Crippen LogP contribution in [0.1, 0.15) is 124 Å². The van der Waals surface area contributed by atoms with Gasteiger partial charge in [-0.15, -0.1) is 0 Å². The maximum absolute atomic E-state index is 14.6. The standard InChI is InChI=1S/C18H25FO4.C18H26O5.C15H20O4.C14H18O5.C10H17FO3.C10H16O3/c2*1-4-14-10-16(17(19)18(14)23-12-21-5-2)22-11-13-6-8-15(20-3)9-7-13;1-3-11-8-13(15(17)14(11)16)19-9-10-4-6-12(18-2)7-5-10;1-18-11-4-2-9(3-5-11)8-19-12-6-10(7-15)13(16)14(12)17;1-3-7-5-8(12)9(11)10(7)14-6-13-4-2;1-4-6-5-7(11)9-8(6)12-10(2,3)13-9/h6-10,16-18H,4-5,11-12H2,1-3H3;6-10,16-19H,4-5,11-12H2,1-3H3;4-8,13-17H,3,9H2,1-2H3;2-6,12-17H,7-8H2,1H3;5,8-10,12H,3-4,6H2,1-2H3;5,7-9,11H,4H2,1-3H3/t2*16-,17?,18-;13-,14-,15?;12-,13-,14?;8-,9?,10+;7-,8+,9?/m000011/s1. The molecule has 18 atom stereocenters. The number of aliphatic hydroxyl groups excluding tert-OH is 8. The lowest BCUT2D eigenvalue weighted by molar-refractivity contribution is -0.152. The van der Waals surface area contributed by atoms with Gasteiger partial charge in [0, 0.05) is 19.8 Å². The summed E-state index contributed by atoms with van der Waals surface area (Å²) in [4.78, 5) is 0. The van der Waals surface area contributed by atoms with Crippen molar-refractivity contribution in [2.24, 2.45) is 0 Å². The van der Waals surface area contributed by atoms with Crippen molar-refractivity contribution in [1.82, 2.24) is 0 Å². The van der Waals surface area contributed by atoms with Crippen molar-refractivity contribution in [3.05, 3.63) is 189 Å². The van der Waals surface area contributed by atoms with E-state index in [2.05, 4.69) is 6.92 Å². The number of benzene rings is 4. The van der Waals surface area contributed by atoms with Gasteiger partial charge < -0.3 is 117 Å². The largest absolute Gasteiger partial charge is 0.497 e. The molecule has 0 bridgehead atoms. The molecule has 24 nitrogen and oxygen atoms in total. The van der Waals surface area contributed by atoms with E-state index in [9.17, 15) is 44.5 Å². The van der Waals surface area contributed by atoms with Crippen LogP contribution < -0.4 is 18.9 Å². The third kappa shape index (κ3) is 28.2. The first-order valence-electron chi connectivity index (χ1n) is 38.2. The van der Waals surface area contributed by atoms with Gasteiger partial charge >= 0.3 is 0 Å². The number of hydrogen-bond acceptors (Lipinski definition) is 24. The Bertz CT molecular complexity index is 3300. The number of hydrogen-bond donors (Lipinski definition) is 8. The molecule has 0 spiro atoms. The zero-order chi connectivity index (χ0) is 81.2. The maximum atomic E-state index is 14.6. The van der Waals surface area contributed by atoms with Crippen LogP contribution in [0, 0.1) is 0 Å². The van der Waals surface area contributed by atoms with Crippen LogP contribution in [0.3, 0.4) is 0 Å². The van der Waals surface area contributed by atoms with Gasteiger partial charge in [-0.1, -0.05) is 114 Å². The molecule has 1 heterocycles. The second-order valence-corrected chi connectivity index (χ2v) is 27.2. The van der Waals surface area contributed by atoms with E-state index in [1.54, 1.807) is 34.5 Å². The molecule has 6 unspecified atom stereocenters. The van der Waals surface area contributed by atoms with Crippen LogP contribution in [0.15, 0.2) is 167 Å². The molecule has 26 heteroatoms. The van der Waals surface area contributed by atoms with Gasteiger partial charge in [-0.2, -0.15) is 0 Å². The molecule has 4 aromatic rings. The quantitative estimate of drug-likeness (QED) is 0.0122. The fourth-order valence-electron chi connectivity index (χ4n) is 12.9. The summed E-state index contributed by atoms with van der Waals surface area (Å²) in [5.41, 5.74) is 9.13. The molecule has 0 saturated carbocycles. The van der Waals surface area contributed by atoms with Crippen LogP contribution in [0.4, 0.5) is 8.78 Å². The number of methoxy groups -OCH3 is 4. The second kappa shape index (κ2) is 48.7.